The van der Waals surface area contributed by atoms with Crippen molar-refractivity contribution in [1.82, 2.24) is 34.7 Å². The quantitative estimate of drug-likeness (QED) is 0.302. The van der Waals surface area contributed by atoms with E-state index >= 15 is 4.39 Å². The fourth-order valence-electron chi connectivity index (χ4n) is 5.80. The number of piperidine rings is 1. The lowest BCUT2D eigenvalue weighted by Gasteiger charge is -2.47. The van der Waals surface area contributed by atoms with Crippen LogP contribution >= 0.6 is 0 Å². The van der Waals surface area contributed by atoms with E-state index in [4.69, 9.17) is 14.2 Å². The Bertz CT molecular complexity index is 1450. The van der Waals surface area contributed by atoms with E-state index in [0.29, 0.717) is 19.3 Å². The molecule has 2 N–H and O–H groups in total. The minimum Gasteiger partial charge on any atom is -0.489 e. The number of anilines is 3. The van der Waals surface area contributed by atoms with E-state index in [2.05, 4.69) is 49.8 Å². The Hall–Kier alpha value is -3.69. The number of fused-ring (bicyclic) bond motifs is 1. The molecule has 0 spiro atoms. The summed E-state index contributed by atoms with van der Waals surface area (Å²) in [5.41, 5.74) is -0.502. The zero-order valence-electron chi connectivity index (χ0n) is 24.3. The molecule has 0 saturated carbocycles. The van der Waals surface area contributed by atoms with Gasteiger partial charge in [0.2, 0.25) is 5.95 Å². The van der Waals surface area contributed by atoms with E-state index in [-0.39, 0.29) is 53.7 Å². The number of benzene rings is 1. The maximum absolute atomic E-state index is 15.3. The number of tetrazole rings is 1. The molecule has 0 bridgehead atoms. The molecule has 5 rings (SSSR count). The lowest BCUT2D eigenvalue weighted by molar-refractivity contribution is 0.0500. The van der Waals surface area contributed by atoms with Gasteiger partial charge in [-0.2, -0.15) is 14.3 Å². The Morgan fingerprint density at radius 1 is 1.12 bits per heavy atom. The highest BCUT2D eigenvalue weighted by Crippen LogP contribution is 2.38. The Labute approximate surface area is 242 Å². The Morgan fingerprint density at radius 3 is 2.69 bits per heavy atom. The van der Waals surface area contributed by atoms with Crippen LogP contribution in [0.4, 0.5) is 26.2 Å². The molecule has 2 fully saturated rings. The Balaban J connectivity index is 1.36. The third-order valence-corrected chi connectivity index (χ3v) is 7.70. The lowest BCUT2D eigenvalue weighted by Crippen LogP contribution is -2.55. The predicted molar refractivity (Wildman–Crippen MR) is 150 cm³/mol. The highest BCUT2D eigenvalue weighted by atomic mass is 19.1. The first kappa shape index (κ1) is 29.8. The third-order valence-electron chi connectivity index (χ3n) is 7.70. The topological polar surface area (TPSA) is 133 Å². The number of methoxy groups -OCH3 is 1. The molecular weight excluding hydrogens is 552 g/mol. The fourth-order valence-corrected chi connectivity index (χ4v) is 5.80. The van der Waals surface area contributed by atoms with E-state index < -0.39 is 17.3 Å². The van der Waals surface area contributed by atoms with Crippen molar-refractivity contribution >= 4 is 17.5 Å². The van der Waals surface area contributed by atoms with Gasteiger partial charge in [-0.15, -0.1) is 0 Å². The van der Waals surface area contributed by atoms with Crippen molar-refractivity contribution in [3.8, 4) is 11.4 Å². The Morgan fingerprint density at radius 2 is 1.93 bits per heavy atom. The minimum atomic E-state index is -0.705. The van der Waals surface area contributed by atoms with Gasteiger partial charge in [-0.1, -0.05) is 0 Å². The van der Waals surface area contributed by atoms with Gasteiger partial charge in [0.15, 0.2) is 17.5 Å². The summed E-state index contributed by atoms with van der Waals surface area (Å²) in [6, 6.07) is 2.93. The summed E-state index contributed by atoms with van der Waals surface area (Å²) in [6.45, 7) is 6.62. The molecule has 0 radical (unpaired) electrons. The molecule has 42 heavy (non-hydrogen) atoms. The maximum Gasteiger partial charge on any atom is 0.368 e. The average Bonchev–Trinajstić information content (AvgIpc) is 3.56. The molecule has 0 amide bonds. The summed E-state index contributed by atoms with van der Waals surface area (Å²) in [6.07, 6.45) is 5.05. The van der Waals surface area contributed by atoms with Crippen molar-refractivity contribution in [1.29, 1.82) is 0 Å². The second-order valence-corrected chi connectivity index (χ2v) is 11.1. The Kier molecular flexibility index (Phi) is 8.99. The van der Waals surface area contributed by atoms with Crippen LogP contribution in [0, 0.1) is 11.6 Å². The van der Waals surface area contributed by atoms with Crippen LogP contribution in [0.5, 0.6) is 5.75 Å². The summed E-state index contributed by atoms with van der Waals surface area (Å²) in [7, 11) is 3.01. The molecular formula is C27H37F2N9O4. The van der Waals surface area contributed by atoms with Gasteiger partial charge >= 0.3 is 5.69 Å². The van der Waals surface area contributed by atoms with Crippen LogP contribution in [-0.4, -0.2) is 92.4 Å². The van der Waals surface area contributed by atoms with E-state index in [1.54, 1.807) is 7.11 Å². The highest BCUT2D eigenvalue weighted by molar-refractivity contribution is 5.63. The van der Waals surface area contributed by atoms with Crippen molar-refractivity contribution in [3.63, 3.8) is 0 Å². The van der Waals surface area contributed by atoms with Crippen molar-refractivity contribution < 1.29 is 23.0 Å². The van der Waals surface area contributed by atoms with Gasteiger partial charge in [0.25, 0.3) is 0 Å². The van der Waals surface area contributed by atoms with Crippen molar-refractivity contribution in [2.24, 2.45) is 7.05 Å². The largest absolute Gasteiger partial charge is 0.489 e. The molecule has 2 aliphatic heterocycles. The summed E-state index contributed by atoms with van der Waals surface area (Å²) >= 11 is 0. The molecule has 228 valence electrons. The molecule has 0 unspecified atom stereocenters. The first-order chi connectivity index (χ1) is 20.2. The van der Waals surface area contributed by atoms with Crippen LogP contribution in [0.25, 0.3) is 5.69 Å². The minimum absolute atomic E-state index is 0.0144. The smallest absolute Gasteiger partial charge is 0.368 e. The van der Waals surface area contributed by atoms with Gasteiger partial charge in [-0.3, -0.25) is 4.90 Å². The van der Waals surface area contributed by atoms with Crippen LogP contribution in [0.2, 0.25) is 0 Å². The number of hydrogen-bond acceptors (Lipinski definition) is 11. The fraction of sp³-hybridized carbons (Fsp3) is 0.593. The number of aryl methyl sites for hydroxylation is 1. The second kappa shape index (κ2) is 12.7. The van der Waals surface area contributed by atoms with Crippen LogP contribution in [-0.2, 0) is 16.5 Å². The average molecular weight is 590 g/mol. The van der Waals surface area contributed by atoms with Crippen LogP contribution in [0.1, 0.15) is 39.5 Å². The number of rotatable bonds is 12. The molecule has 2 saturated heterocycles. The highest BCUT2D eigenvalue weighted by Gasteiger charge is 2.43. The summed E-state index contributed by atoms with van der Waals surface area (Å²) < 4.78 is 48.2. The lowest BCUT2D eigenvalue weighted by atomic mass is 9.84. The maximum atomic E-state index is 15.3. The van der Waals surface area contributed by atoms with Crippen molar-refractivity contribution in [2.45, 2.75) is 57.2 Å². The van der Waals surface area contributed by atoms with Crippen LogP contribution in [0.15, 0.2) is 23.1 Å². The number of ether oxygens (including phenoxy) is 3. The first-order valence-electron chi connectivity index (χ1n) is 14.0. The summed E-state index contributed by atoms with van der Waals surface area (Å²) in [5, 5.41) is 13.7. The van der Waals surface area contributed by atoms with E-state index in [0.717, 1.165) is 53.9 Å². The molecule has 13 nitrogen and oxygen atoms in total. The number of halogens is 2. The van der Waals surface area contributed by atoms with E-state index in [1.165, 1.54) is 13.1 Å². The molecule has 1 aromatic carbocycles. The summed E-state index contributed by atoms with van der Waals surface area (Å²) in [4.78, 5) is 23.5. The third kappa shape index (κ3) is 6.52. The van der Waals surface area contributed by atoms with Crippen molar-refractivity contribution in [3.05, 3.63) is 40.4 Å². The summed E-state index contributed by atoms with van der Waals surface area (Å²) in [5.74, 6) is -1.23. The van der Waals surface area contributed by atoms with Gasteiger partial charge in [0, 0.05) is 37.8 Å². The monoisotopic (exact) mass is 589 g/mol. The second-order valence-electron chi connectivity index (χ2n) is 11.1. The van der Waals surface area contributed by atoms with Gasteiger partial charge in [-0.25, -0.2) is 18.6 Å². The molecule has 2 aromatic heterocycles. The zero-order valence-corrected chi connectivity index (χ0v) is 24.3. The standard InChI is InChI=1S/C27H37F2N9O4/c1-27(2)15-17(12-18-6-5-7-37(18)27)31-24-20(29)16-30-25(33-24)32-21-14-22(38-26(39)36(3)34-35-38)23(13-19(21)28)42-11-10-41-9-8-40-4/h13-14,16-18H,5-12,15H2,1-4H3,(H2,30,31,32,33)/t17-,18+/m1/s1. The molecule has 2 atom stereocenters. The molecule has 0 aliphatic carbocycles. The molecule has 4 heterocycles. The van der Waals surface area contributed by atoms with Gasteiger partial charge in [-0.05, 0) is 62.6 Å². The number of nitrogens with one attached hydrogen (secondary N) is 2. The SMILES string of the molecule is COCCOCCOc1cc(F)c(Nc2ncc(F)c(N[C@@H]3C[C@@H]4CCCN4C(C)(C)C3)n2)cc1-n1nnn(C)c1=O. The van der Waals surface area contributed by atoms with E-state index in [9.17, 15) is 9.18 Å². The van der Waals surface area contributed by atoms with E-state index in [1.807, 2.05) is 0 Å². The predicted octanol–water partition coefficient (Wildman–Crippen LogP) is 2.64. The number of nitrogens with zero attached hydrogens (tertiary/aromatic N) is 7. The normalized spacial score (nSPS) is 20.0. The van der Waals surface area contributed by atoms with Gasteiger partial charge < -0.3 is 24.8 Å². The van der Waals surface area contributed by atoms with Crippen LogP contribution in [0.3, 0.4) is 0 Å². The molecule has 2 aliphatic rings. The number of aromatic nitrogens is 6. The van der Waals surface area contributed by atoms with Gasteiger partial charge in [0.05, 0.1) is 31.7 Å². The molecule has 3 aromatic rings. The van der Waals surface area contributed by atoms with Crippen LogP contribution < -0.4 is 21.1 Å². The van der Waals surface area contributed by atoms with Gasteiger partial charge in [0.1, 0.15) is 18.0 Å². The zero-order chi connectivity index (χ0) is 29.9. The van der Waals surface area contributed by atoms with Crippen molar-refractivity contribution in [2.75, 3.05) is 50.7 Å². The first-order valence-corrected chi connectivity index (χ1v) is 14.0. The number of hydrogen-bond donors (Lipinski definition) is 2. The molecule has 15 heteroatoms.